The predicted molar refractivity (Wildman–Crippen MR) is 72.7 cm³/mol. The van der Waals surface area contributed by atoms with Gasteiger partial charge in [-0.15, -0.1) is 0 Å². The van der Waals surface area contributed by atoms with E-state index in [0.717, 1.165) is 44.4 Å². The lowest BCUT2D eigenvalue weighted by atomic mass is 10.1. The quantitative estimate of drug-likeness (QED) is 0.704. The summed E-state index contributed by atoms with van der Waals surface area (Å²) in [6.45, 7) is 1.70. The Labute approximate surface area is 114 Å². The molecule has 1 atom stereocenters. The lowest BCUT2D eigenvalue weighted by Crippen LogP contribution is -2.24. The number of aromatic nitrogens is 2. The summed E-state index contributed by atoms with van der Waals surface area (Å²) in [5.41, 5.74) is 1.08. The highest BCUT2D eigenvalue weighted by Crippen LogP contribution is 2.17. The lowest BCUT2D eigenvalue weighted by molar-refractivity contribution is -0.121. The van der Waals surface area contributed by atoms with Gasteiger partial charge in [0.25, 0.3) is 0 Å². The monoisotopic (exact) mass is 265 g/mol. The Morgan fingerprint density at radius 3 is 3.21 bits per heavy atom. The van der Waals surface area contributed by atoms with E-state index in [1.54, 1.807) is 6.20 Å². The lowest BCUT2D eigenvalue weighted by Gasteiger charge is -2.09. The van der Waals surface area contributed by atoms with Crippen molar-refractivity contribution < 1.29 is 9.53 Å². The highest BCUT2D eigenvalue weighted by Gasteiger charge is 2.14. The van der Waals surface area contributed by atoms with Gasteiger partial charge in [-0.1, -0.05) is 0 Å². The number of nitrogens with zero attached hydrogens (tertiary/aromatic N) is 1. The molecule has 2 N–H and O–H groups in total. The van der Waals surface area contributed by atoms with Crippen molar-refractivity contribution in [3.8, 4) is 0 Å². The fourth-order valence-electron chi connectivity index (χ4n) is 2.36. The number of ether oxygens (including phenoxy) is 1. The molecule has 1 aromatic heterocycles. The third-order valence-electron chi connectivity index (χ3n) is 3.49. The molecule has 5 nitrogen and oxygen atoms in total. The van der Waals surface area contributed by atoms with Crippen molar-refractivity contribution >= 4 is 5.91 Å². The van der Waals surface area contributed by atoms with Crippen LogP contribution in [0.2, 0.25) is 0 Å². The molecule has 2 heterocycles. The Hall–Kier alpha value is -1.36. The minimum atomic E-state index is 0.123. The molecule has 0 spiro atoms. The third-order valence-corrected chi connectivity index (χ3v) is 3.49. The van der Waals surface area contributed by atoms with E-state index in [9.17, 15) is 4.79 Å². The normalized spacial score (nSPS) is 18.6. The summed E-state index contributed by atoms with van der Waals surface area (Å²) < 4.78 is 5.56. The average molecular weight is 265 g/mol. The van der Waals surface area contributed by atoms with E-state index in [2.05, 4.69) is 15.5 Å². The number of rotatable bonds is 8. The number of hydrogen-bond donors (Lipinski definition) is 2. The van der Waals surface area contributed by atoms with Gasteiger partial charge in [0.1, 0.15) is 0 Å². The second-order valence-electron chi connectivity index (χ2n) is 5.09. The average Bonchev–Trinajstić information content (AvgIpc) is 3.09. The van der Waals surface area contributed by atoms with Gasteiger partial charge in [-0.25, -0.2) is 0 Å². The van der Waals surface area contributed by atoms with Gasteiger partial charge in [-0.2, -0.15) is 5.10 Å². The largest absolute Gasteiger partial charge is 0.378 e. The summed E-state index contributed by atoms with van der Waals surface area (Å²) in [5.74, 6) is 0.123. The van der Waals surface area contributed by atoms with Crippen molar-refractivity contribution in [2.24, 2.45) is 0 Å². The van der Waals surface area contributed by atoms with Crippen LogP contribution in [-0.2, 0) is 16.0 Å². The number of unbranched alkanes of at least 4 members (excludes halogenated alkanes) is 1. The maximum absolute atomic E-state index is 11.6. The smallest absolute Gasteiger partial charge is 0.220 e. The first-order valence-electron chi connectivity index (χ1n) is 7.20. The maximum atomic E-state index is 11.6. The number of aromatic amines is 1. The molecule has 5 heteroatoms. The van der Waals surface area contributed by atoms with E-state index in [1.165, 1.54) is 12.8 Å². The molecule has 0 aliphatic carbocycles. The van der Waals surface area contributed by atoms with Crippen LogP contribution in [0.15, 0.2) is 12.4 Å². The molecule has 1 aliphatic rings. The SMILES string of the molecule is O=C(CCc1cn[nH]c1)NCCCC[C@@H]1CCCO1. The molecule has 106 valence electrons. The van der Waals surface area contributed by atoms with E-state index in [-0.39, 0.29) is 5.91 Å². The van der Waals surface area contributed by atoms with Crippen LogP contribution in [0.4, 0.5) is 0 Å². The Kier molecular flexibility index (Phi) is 5.88. The van der Waals surface area contributed by atoms with Gasteiger partial charge in [0.05, 0.1) is 12.3 Å². The van der Waals surface area contributed by atoms with Crippen LogP contribution in [0, 0.1) is 0 Å². The number of carbonyl (C=O) groups is 1. The molecule has 2 rings (SSSR count). The number of H-pyrrole nitrogens is 1. The minimum absolute atomic E-state index is 0.123. The first-order valence-corrected chi connectivity index (χ1v) is 7.20. The second kappa shape index (κ2) is 7.94. The molecule has 1 saturated heterocycles. The molecular formula is C14H23N3O2. The summed E-state index contributed by atoms with van der Waals surface area (Å²) in [7, 11) is 0. The summed E-state index contributed by atoms with van der Waals surface area (Å²) in [6.07, 6.45) is 11.0. The minimum Gasteiger partial charge on any atom is -0.378 e. The first-order chi connectivity index (χ1) is 9.34. The molecule has 0 radical (unpaired) electrons. The van der Waals surface area contributed by atoms with E-state index >= 15 is 0 Å². The van der Waals surface area contributed by atoms with Crippen LogP contribution in [-0.4, -0.2) is 35.4 Å². The summed E-state index contributed by atoms with van der Waals surface area (Å²) in [6, 6.07) is 0. The van der Waals surface area contributed by atoms with Gasteiger partial charge in [-0.05, 0) is 44.1 Å². The van der Waals surface area contributed by atoms with E-state index in [4.69, 9.17) is 4.74 Å². The number of amides is 1. The summed E-state index contributed by atoms with van der Waals surface area (Å²) in [4.78, 5) is 11.6. The Bertz CT molecular complexity index is 359. The Morgan fingerprint density at radius 1 is 1.53 bits per heavy atom. The fraction of sp³-hybridized carbons (Fsp3) is 0.714. The molecule has 0 aromatic carbocycles. The topological polar surface area (TPSA) is 67.0 Å². The predicted octanol–water partition coefficient (Wildman–Crippen LogP) is 1.81. The van der Waals surface area contributed by atoms with Gasteiger partial charge >= 0.3 is 0 Å². The molecule has 1 aliphatic heterocycles. The van der Waals surface area contributed by atoms with Crippen molar-refractivity contribution in [1.29, 1.82) is 0 Å². The van der Waals surface area contributed by atoms with Crippen molar-refractivity contribution in [3.63, 3.8) is 0 Å². The van der Waals surface area contributed by atoms with Gasteiger partial charge in [0.15, 0.2) is 0 Å². The number of nitrogens with one attached hydrogen (secondary N) is 2. The maximum Gasteiger partial charge on any atom is 0.220 e. The van der Waals surface area contributed by atoms with Gasteiger partial charge in [0, 0.05) is 25.8 Å². The van der Waals surface area contributed by atoms with Crippen molar-refractivity contribution in [3.05, 3.63) is 18.0 Å². The summed E-state index contributed by atoms with van der Waals surface area (Å²) in [5, 5.41) is 9.56. The van der Waals surface area contributed by atoms with Gasteiger partial charge in [-0.3, -0.25) is 9.89 Å². The third kappa shape index (κ3) is 5.42. The highest BCUT2D eigenvalue weighted by molar-refractivity contribution is 5.76. The molecule has 1 aromatic rings. The second-order valence-corrected chi connectivity index (χ2v) is 5.09. The summed E-state index contributed by atoms with van der Waals surface area (Å²) >= 11 is 0. The molecule has 0 unspecified atom stereocenters. The van der Waals surface area contributed by atoms with Gasteiger partial charge < -0.3 is 10.1 Å². The van der Waals surface area contributed by atoms with Crippen LogP contribution < -0.4 is 5.32 Å². The van der Waals surface area contributed by atoms with Gasteiger partial charge in [0.2, 0.25) is 5.91 Å². The number of aryl methyl sites for hydroxylation is 1. The highest BCUT2D eigenvalue weighted by atomic mass is 16.5. The van der Waals surface area contributed by atoms with Crippen molar-refractivity contribution in [1.82, 2.24) is 15.5 Å². The van der Waals surface area contributed by atoms with Crippen molar-refractivity contribution in [2.45, 2.75) is 51.0 Å². The van der Waals surface area contributed by atoms with Crippen LogP contribution in [0.1, 0.15) is 44.1 Å². The number of carbonyl (C=O) groups excluding carboxylic acids is 1. The van der Waals surface area contributed by atoms with E-state index in [0.29, 0.717) is 12.5 Å². The molecule has 1 amide bonds. The Morgan fingerprint density at radius 2 is 2.47 bits per heavy atom. The first kappa shape index (κ1) is 14.1. The van der Waals surface area contributed by atoms with Crippen LogP contribution in [0.25, 0.3) is 0 Å². The van der Waals surface area contributed by atoms with E-state index in [1.807, 2.05) is 6.20 Å². The number of hydrogen-bond acceptors (Lipinski definition) is 3. The standard InChI is InChI=1S/C14H23N3O2/c18-14(7-6-12-10-16-17-11-12)15-8-2-1-4-13-5-3-9-19-13/h10-11,13H,1-9H2,(H,15,18)(H,16,17)/t13-/m1/s1. The molecule has 0 saturated carbocycles. The van der Waals surface area contributed by atoms with E-state index < -0.39 is 0 Å². The Balaban J connectivity index is 1.45. The fourth-order valence-corrected chi connectivity index (χ4v) is 2.36. The molecular weight excluding hydrogens is 242 g/mol. The van der Waals surface area contributed by atoms with Crippen LogP contribution in [0.3, 0.4) is 0 Å². The zero-order valence-electron chi connectivity index (χ0n) is 11.4. The zero-order valence-corrected chi connectivity index (χ0v) is 11.4. The molecule has 0 bridgehead atoms. The van der Waals surface area contributed by atoms with Crippen molar-refractivity contribution in [2.75, 3.05) is 13.2 Å². The van der Waals surface area contributed by atoms with Crippen LogP contribution >= 0.6 is 0 Å². The molecule has 1 fully saturated rings. The van der Waals surface area contributed by atoms with Crippen LogP contribution in [0.5, 0.6) is 0 Å². The zero-order chi connectivity index (χ0) is 13.3. The molecule has 19 heavy (non-hydrogen) atoms.